The molecule has 2 aromatic rings. The molecule has 0 unspecified atom stereocenters. The molecule has 2 heterocycles. The van der Waals surface area contributed by atoms with Crippen molar-refractivity contribution in [3.05, 3.63) is 65.7 Å². The molecule has 0 aromatic heterocycles. The third-order valence-corrected chi connectivity index (χ3v) is 12.2. The number of piperazine rings is 1. The molecule has 2 saturated heterocycles. The molecular formula is C30H44ClN3O5SSi. The number of nitrogens with zero attached hydrogens (tertiary/aromatic N) is 2. The van der Waals surface area contributed by atoms with Crippen LogP contribution < -0.4 is 10.5 Å². The number of ether oxygens (including phenoxy) is 2. The summed E-state index contributed by atoms with van der Waals surface area (Å²) in [6.45, 7) is 8.13. The minimum absolute atomic E-state index is 0.0260. The van der Waals surface area contributed by atoms with Gasteiger partial charge in [-0.15, -0.1) is 11.6 Å². The van der Waals surface area contributed by atoms with Crippen molar-refractivity contribution in [2.24, 2.45) is 5.73 Å². The van der Waals surface area contributed by atoms with E-state index >= 15 is 0 Å². The maximum atomic E-state index is 14.0. The maximum Gasteiger partial charge on any atom is 0.241 e. The Morgan fingerprint density at radius 1 is 1.05 bits per heavy atom. The van der Waals surface area contributed by atoms with Crippen LogP contribution in [0, 0.1) is 0 Å². The number of rotatable bonds is 12. The molecule has 0 aliphatic carbocycles. The Hall–Kier alpha value is -1.95. The zero-order chi connectivity index (χ0) is 29.6. The van der Waals surface area contributed by atoms with Gasteiger partial charge in [0.1, 0.15) is 18.4 Å². The predicted octanol–water partition coefficient (Wildman–Crippen LogP) is 4.10. The van der Waals surface area contributed by atoms with Gasteiger partial charge >= 0.3 is 0 Å². The second kappa shape index (κ2) is 14.0. The van der Waals surface area contributed by atoms with E-state index in [1.807, 2.05) is 59.5 Å². The summed E-state index contributed by atoms with van der Waals surface area (Å²) < 4.78 is 40.9. The first-order chi connectivity index (χ1) is 19.5. The number of alkyl halides is 1. The molecule has 226 valence electrons. The molecule has 4 rings (SSSR count). The first-order valence-electron chi connectivity index (χ1n) is 14.5. The number of nitrogens with two attached hydrogens (primary N) is 1. The van der Waals surface area contributed by atoms with Gasteiger partial charge in [0.15, 0.2) is 0 Å². The van der Waals surface area contributed by atoms with E-state index in [2.05, 4.69) is 19.6 Å². The van der Waals surface area contributed by atoms with Gasteiger partial charge in [-0.05, 0) is 55.1 Å². The summed E-state index contributed by atoms with van der Waals surface area (Å²) in [5.41, 5.74) is 7.95. The molecule has 0 saturated carbocycles. The van der Waals surface area contributed by atoms with Crippen molar-refractivity contribution >= 4 is 35.6 Å². The number of halogens is 1. The summed E-state index contributed by atoms with van der Waals surface area (Å²) in [7, 11) is -5.35. The third kappa shape index (κ3) is 8.55. The Kier molecular flexibility index (Phi) is 10.9. The lowest BCUT2D eigenvalue weighted by Gasteiger charge is -2.50. The van der Waals surface area contributed by atoms with Gasteiger partial charge in [-0.25, -0.2) is 8.42 Å². The molecule has 2 bridgehead atoms. The minimum atomic E-state index is -3.72. The van der Waals surface area contributed by atoms with Crippen molar-refractivity contribution in [3.8, 4) is 5.75 Å². The predicted molar refractivity (Wildman–Crippen MR) is 167 cm³/mol. The molecule has 2 fully saturated rings. The van der Waals surface area contributed by atoms with Crippen LogP contribution in [0.15, 0.2) is 54.6 Å². The highest BCUT2D eigenvalue weighted by Crippen LogP contribution is 2.32. The van der Waals surface area contributed by atoms with Gasteiger partial charge in [-0.3, -0.25) is 4.79 Å². The van der Waals surface area contributed by atoms with Crippen LogP contribution in [0.25, 0.3) is 0 Å². The second-order valence-corrected chi connectivity index (χ2v) is 20.5. The molecule has 41 heavy (non-hydrogen) atoms. The van der Waals surface area contributed by atoms with E-state index in [1.165, 1.54) is 4.31 Å². The highest BCUT2D eigenvalue weighted by Gasteiger charge is 2.50. The third-order valence-electron chi connectivity index (χ3n) is 7.79. The summed E-state index contributed by atoms with van der Waals surface area (Å²) in [6.07, 6.45) is 1.51. The fraction of sp³-hybridized carbons (Fsp3) is 0.567. The quantitative estimate of drug-likeness (QED) is 0.283. The van der Waals surface area contributed by atoms with Crippen LogP contribution in [-0.4, -0.2) is 87.2 Å². The van der Waals surface area contributed by atoms with E-state index in [-0.39, 0.29) is 30.9 Å². The van der Waals surface area contributed by atoms with Crippen molar-refractivity contribution in [2.75, 3.05) is 32.1 Å². The minimum Gasteiger partial charge on any atom is -0.489 e. The van der Waals surface area contributed by atoms with Crippen LogP contribution in [0.3, 0.4) is 0 Å². The van der Waals surface area contributed by atoms with Crippen LogP contribution in [0.1, 0.15) is 24.0 Å². The maximum absolute atomic E-state index is 14.0. The Labute approximate surface area is 251 Å². The molecule has 11 heteroatoms. The first kappa shape index (κ1) is 32.0. The molecule has 0 radical (unpaired) electrons. The molecule has 0 spiro atoms. The fourth-order valence-corrected chi connectivity index (χ4v) is 10.7. The number of amides is 1. The van der Waals surface area contributed by atoms with Gasteiger partial charge in [0.25, 0.3) is 0 Å². The SMILES string of the molecule is C[Si](C)(C)CCS(=O)(=O)N1[C@H](CCCN)C(=O)N2C[C@H]1[C@@H](Cl)COC[C@@H]2Cc1ccc(OCc2ccccc2)cc1. The monoisotopic (exact) mass is 621 g/mol. The molecule has 8 nitrogen and oxygen atoms in total. The number of carbonyl (C=O) groups excluding carboxylic acids is 1. The van der Waals surface area contributed by atoms with E-state index in [9.17, 15) is 13.2 Å². The number of hydrogen-bond donors (Lipinski definition) is 1. The van der Waals surface area contributed by atoms with Crippen LogP contribution in [0.5, 0.6) is 5.75 Å². The van der Waals surface area contributed by atoms with E-state index in [1.54, 1.807) is 0 Å². The van der Waals surface area contributed by atoms with Crippen molar-refractivity contribution in [1.82, 2.24) is 9.21 Å². The summed E-state index contributed by atoms with van der Waals surface area (Å²) in [6, 6.07) is 16.9. The molecule has 4 atom stereocenters. The number of sulfonamides is 1. The van der Waals surface area contributed by atoms with Gasteiger partial charge in [-0.2, -0.15) is 4.31 Å². The average Bonchev–Trinajstić information content (AvgIpc) is 2.93. The molecule has 2 aromatic carbocycles. The topological polar surface area (TPSA) is 102 Å². The highest BCUT2D eigenvalue weighted by molar-refractivity contribution is 7.89. The Bertz CT molecular complexity index is 1240. The lowest BCUT2D eigenvalue weighted by Crippen LogP contribution is -2.69. The second-order valence-electron chi connectivity index (χ2n) is 12.3. The van der Waals surface area contributed by atoms with Crippen LogP contribution in [0.2, 0.25) is 25.7 Å². The van der Waals surface area contributed by atoms with E-state index in [0.717, 1.165) is 16.9 Å². The zero-order valence-electron chi connectivity index (χ0n) is 24.4. The lowest BCUT2D eigenvalue weighted by atomic mass is 9.96. The average molecular weight is 622 g/mol. The van der Waals surface area contributed by atoms with Crippen molar-refractivity contribution in [2.45, 2.75) is 75.1 Å². The van der Waals surface area contributed by atoms with E-state index in [4.69, 9.17) is 26.8 Å². The Morgan fingerprint density at radius 3 is 2.41 bits per heavy atom. The summed E-state index contributed by atoms with van der Waals surface area (Å²) in [4.78, 5) is 15.8. The summed E-state index contributed by atoms with van der Waals surface area (Å²) in [5, 5.41) is -0.561. The molecule has 2 aliphatic rings. The molecule has 1 amide bonds. The van der Waals surface area contributed by atoms with Crippen LogP contribution in [0.4, 0.5) is 0 Å². The molecular weight excluding hydrogens is 578 g/mol. The van der Waals surface area contributed by atoms with Crippen LogP contribution in [-0.2, 0) is 32.6 Å². The van der Waals surface area contributed by atoms with Gasteiger partial charge in [0.05, 0.1) is 36.4 Å². The lowest BCUT2D eigenvalue weighted by molar-refractivity contribution is -0.148. The fourth-order valence-electron chi connectivity index (χ4n) is 5.43. The Balaban J connectivity index is 1.53. The van der Waals surface area contributed by atoms with Crippen molar-refractivity contribution in [3.63, 3.8) is 0 Å². The van der Waals surface area contributed by atoms with Crippen LogP contribution >= 0.6 is 11.6 Å². The number of benzene rings is 2. The van der Waals surface area contributed by atoms with Gasteiger partial charge in [0.2, 0.25) is 15.9 Å². The Morgan fingerprint density at radius 2 is 1.76 bits per heavy atom. The molecule has 2 N–H and O–H groups in total. The summed E-state index contributed by atoms with van der Waals surface area (Å²) >= 11 is 6.80. The number of fused-ring (bicyclic) bond motifs is 2. The smallest absolute Gasteiger partial charge is 0.241 e. The van der Waals surface area contributed by atoms with Gasteiger partial charge in [0, 0.05) is 14.6 Å². The van der Waals surface area contributed by atoms with E-state index in [0.29, 0.717) is 45.1 Å². The normalized spacial score (nSPS) is 24.1. The first-order valence-corrected chi connectivity index (χ1v) is 20.2. The zero-order valence-corrected chi connectivity index (χ0v) is 26.9. The van der Waals surface area contributed by atoms with Crippen molar-refractivity contribution < 1.29 is 22.7 Å². The van der Waals surface area contributed by atoms with E-state index < -0.39 is 35.6 Å². The largest absolute Gasteiger partial charge is 0.489 e. The highest BCUT2D eigenvalue weighted by atomic mass is 35.5. The number of carbonyl (C=O) groups is 1. The number of hydrogen-bond acceptors (Lipinski definition) is 6. The van der Waals surface area contributed by atoms with Crippen molar-refractivity contribution in [1.29, 1.82) is 0 Å². The van der Waals surface area contributed by atoms with Gasteiger partial charge < -0.3 is 20.1 Å². The van der Waals surface area contributed by atoms with Gasteiger partial charge in [-0.1, -0.05) is 62.1 Å². The standard InChI is InChI=1S/C30H44ClN3O5SSi/c1-41(2,3)17-16-40(36,37)34-28(10-7-15-32)30(35)33-19-29(34)27(31)22-38-21-25(33)18-23-11-13-26(14-12-23)39-20-24-8-5-4-6-9-24/h4-6,8-9,11-14,25,27-29H,7,10,15-22,32H2,1-3H3/t25-,27-,28+,29-/m0/s1. The molecule has 2 aliphatic heterocycles. The summed E-state index contributed by atoms with van der Waals surface area (Å²) in [5.74, 6) is 0.609.